The van der Waals surface area contributed by atoms with Crippen LogP contribution in [0.2, 0.25) is 0 Å². The molecule has 0 aromatic rings. The van der Waals surface area contributed by atoms with E-state index in [2.05, 4.69) is 24.2 Å². The molecule has 1 aliphatic heterocycles. The highest BCUT2D eigenvalue weighted by atomic mass is 35.5. The molecule has 2 rings (SSSR count). The molecule has 2 atom stereocenters. The van der Waals surface area contributed by atoms with Gasteiger partial charge in [-0.05, 0) is 31.7 Å². The molecule has 5 heteroatoms. The Labute approximate surface area is 129 Å². The van der Waals surface area contributed by atoms with E-state index in [9.17, 15) is 4.79 Å². The molecule has 0 aromatic heterocycles. The number of likely N-dealkylation sites (N-methyl/N-ethyl adjacent to an activating group) is 1. The van der Waals surface area contributed by atoms with Gasteiger partial charge in [0.05, 0.1) is 6.54 Å². The molecule has 1 aliphatic carbocycles. The van der Waals surface area contributed by atoms with Crippen molar-refractivity contribution in [1.29, 1.82) is 0 Å². The van der Waals surface area contributed by atoms with E-state index in [1.54, 1.807) is 0 Å². The first-order chi connectivity index (χ1) is 9.15. The van der Waals surface area contributed by atoms with Gasteiger partial charge in [-0.2, -0.15) is 0 Å². The molecule has 118 valence electrons. The van der Waals surface area contributed by atoms with E-state index in [1.807, 2.05) is 4.90 Å². The van der Waals surface area contributed by atoms with Crippen LogP contribution >= 0.6 is 12.4 Å². The van der Waals surface area contributed by atoms with Crippen molar-refractivity contribution in [3.63, 3.8) is 0 Å². The molecule has 0 spiro atoms. The van der Waals surface area contributed by atoms with Crippen molar-refractivity contribution >= 4 is 18.3 Å². The molecule has 2 aliphatic rings. The van der Waals surface area contributed by atoms with Crippen molar-refractivity contribution in [2.75, 3.05) is 46.3 Å². The lowest BCUT2D eigenvalue weighted by Crippen LogP contribution is -2.49. The molecule has 1 saturated carbocycles. The first-order valence-electron chi connectivity index (χ1n) is 7.82. The molecule has 1 N–H and O–H groups in total. The predicted octanol–water partition coefficient (Wildman–Crippen LogP) is 1.60. The number of rotatable bonds is 4. The minimum atomic E-state index is 0. The van der Waals surface area contributed by atoms with Crippen molar-refractivity contribution in [2.24, 2.45) is 11.8 Å². The molecule has 0 aromatic carbocycles. The van der Waals surface area contributed by atoms with Crippen LogP contribution in [-0.4, -0.2) is 62.0 Å². The van der Waals surface area contributed by atoms with Gasteiger partial charge in [-0.25, -0.2) is 0 Å². The molecule has 4 nitrogen and oxygen atoms in total. The number of amides is 1. The van der Waals surface area contributed by atoms with Crippen LogP contribution in [0, 0.1) is 11.8 Å². The number of hydrogen-bond acceptors (Lipinski definition) is 3. The molecule has 2 unspecified atom stereocenters. The van der Waals surface area contributed by atoms with Crippen LogP contribution in [0.5, 0.6) is 0 Å². The van der Waals surface area contributed by atoms with Gasteiger partial charge in [0.2, 0.25) is 5.91 Å². The molecular weight excluding hydrogens is 274 g/mol. The van der Waals surface area contributed by atoms with Crippen LogP contribution in [0.1, 0.15) is 32.6 Å². The lowest BCUT2D eigenvalue weighted by atomic mass is 9.82. The number of nitrogens with zero attached hydrogens (tertiary/aromatic N) is 2. The molecule has 2 fully saturated rings. The second-order valence-corrected chi connectivity index (χ2v) is 6.47. The largest absolute Gasteiger partial charge is 0.339 e. The summed E-state index contributed by atoms with van der Waals surface area (Å²) in [6, 6.07) is 0. The van der Waals surface area contributed by atoms with Gasteiger partial charge < -0.3 is 10.2 Å². The SMILES string of the molecule is CC1CCCC(CN(C)CC(=O)N2CCNCC2)C1.Cl. The number of carbonyl (C=O) groups is 1. The lowest BCUT2D eigenvalue weighted by molar-refractivity contribution is -0.132. The summed E-state index contributed by atoms with van der Waals surface area (Å²) in [6.07, 6.45) is 5.44. The first-order valence-corrected chi connectivity index (χ1v) is 7.82. The average molecular weight is 304 g/mol. The summed E-state index contributed by atoms with van der Waals surface area (Å²) in [6.45, 7) is 7.65. The zero-order valence-corrected chi connectivity index (χ0v) is 13.8. The fourth-order valence-electron chi connectivity index (χ4n) is 3.48. The second kappa shape index (κ2) is 8.85. The Morgan fingerprint density at radius 1 is 1.30 bits per heavy atom. The number of hydrogen-bond donors (Lipinski definition) is 1. The van der Waals surface area contributed by atoms with E-state index < -0.39 is 0 Å². The Hall–Kier alpha value is -0.320. The molecule has 1 amide bonds. The van der Waals surface area contributed by atoms with Gasteiger partial charge in [-0.3, -0.25) is 9.69 Å². The first kappa shape index (κ1) is 17.7. The van der Waals surface area contributed by atoms with E-state index >= 15 is 0 Å². The van der Waals surface area contributed by atoms with Gasteiger partial charge in [0.1, 0.15) is 0 Å². The van der Waals surface area contributed by atoms with Crippen LogP contribution in [0.3, 0.4) is 0 Å². The molecule has 20 heavy (non-hydrogen) atoms. The summed E-state index contributed by atoms with van der Waals surface area (Å²) in [5.74, 6) is 1.97. The quantitative estimate of drug-likeness (QED) is 0.857. The van der Waals surface area contributed by atoms with Gasteiger partial charge in [-0.1, -0.05) is 19.8 Å². The maximum atomic E-state index is 12.2. The smallest absolute Gasteiger partial charge is 0.236 e. The van der Waals surface area contributed by atoms with Crippen LogP contribution in [0.15, 0.2) is 0 Å². The third-order valence-electron chi connectivity index (χ3n) is 4.49. The van der Waals surface area contributed by atoms with Gasteiger partial charge in [0, 0.05) is 32.7 Å². The summed E-state index contributed by atoms with van der Waals surface area (Å²) < 4.78 is 0. The zero-order chi connectivity index (χ0) is 13.7. The fraction of sp³-hybridized carbons (Fsp3) is 0.933. The number of carbonyl (C=O) groups excluding carboxylic acids is 1. The second-order valence-electron chi connectivity index (χ2n) is 6.47. The van der Waals surface area contributed by atoms with Gasteiger partial charge in [0.25, 0.3) is 0 Å². The van der Waals surface area contributed by atoms with Crippen molar-refractivity contribution in [3.8, 4) is 0 Å². The Morgan fingerprint density at radius 2 is 2.00 bits per heavy atom. The summed E-state index contributed by atoms with van der Waals surface area (Å²) >= 11 is 0. The maximum absolute atomic E-state index is 12.2. The van der Waals surface area contributed by atoms with Crippen molar-refractivity contribution < 1.29 is 4.79 Å². The lowest BCUT2D eigenvalue weighted by Gasteiger charge is -2.32. The Kier molecular flexibility index (Phi) is 7.85. The molecular formula is C15H30ClN3O. The van der Waals surface area contributed by atoms with Crippen LogP contribution in [0.25, 0.3) is 0 Å². The minimum Gasteiger partial charge on any atom is -0.339 e. The summed E-state index contributed by atoms with van der Waals surface area (Å²) in [7, 11) is 2.10. The van der Waals surface area contributed by atoms with Crippen molar-refractivity contribution in [2.45, 2.75) is 32.6 Å². The zero-order valence-electron chi connectivity index (χ0n) is 12.9. The molecule has 0 bridgehead atoms. The van der Waals surface area contributed by atoms with E-state index in [0.29, 0.717) is 12.5 Å². The molecule has 1 saturated heterocycles. The van der Waals surface area contributed by atoms with Gasteiger partial charge >= 0.3 is 0 Å². The van der Waals surface area contributed by atoms with Crippen LogP contribution in [0.4, 0.5) is 0 Å². The number of nitrogens with one attached hydrogen (secondary N) is 1. The minimum absolute atomic E-state index is 0. The third kappa shape index (κ3) is 5.58. The highest BCUT2D eigenvalue weighted by Crippen LogP contribution is 2.28. The van der Waals surface area contributed by atoms with E-state index in [1.165, 1.54) is 25.7 Å². The standard InChI is InChI=1S/C15H29N3O.ClH/c1-13-4-3-5-14(10-13)11-17(2)12-15(19)18-8-6-16-7-9-18;/h13-14,16H,3-12H2,1-2H3;1H. The highest BCUT2D eigenvalue weighted by molar-refractivity contribution is 5.85. The molecule has 0 radical (unpaired) electrons. The Bertz CT molecular complexity index is 295. The highest BCUT2D eigenvalue weighted by Gasteiger charge is 2.22. The van der Waals surface area contributed by atoms with E-state index in [-0.39, 0.29) is 12.4 Å². The summed E-state index contributed by atoms with van der Waals surface area (Å²) in [5.41, 5.74) is 0. The third-order valence-corrected chi connectivity index (χ3v) is 4.49. The van der Waals surface area contributed by atoms with Crippen LogP contribution in [-0.2, 0) is 4.79 Å². The normalized spacial score (nSPS) is 27.2. The fourth-order valence-corrected chi connectivity index (χ4v) is 3.48. The summed E-state index contributed by atoms with van der Waals surface area (Å²) in [5, 5.41) is 3.29. The Balaban J connectivity index is 0.00000200. The Morgan fingerprint density at radius 3 is 2.65 bits per heavy atom. The summed E-state index contributed by atoms with van der Waals surface area (Å²) in [4.78, 5) is 16.4. The van der Waals surface area contributed by atoms with Crippen molar-refractivity contribution in [3.05, 3.63) is 0 Å². The van der Waals surface area contributed by atoms with E-state index in [4.69, 9.17) is 0 Å². The van der Waals surface area contributed by atoms with Gasteiger partial charge in [-0.15, -0.1) is 12.4 Å². The van der Waals surface area contributed by atoms with Gasteiger partial charge in [0.15, 0.2) is 0 Å². The number of piperazine rings is 1. The average Bonchev–Trinajstić information content (AvgIpc) is 2.39. The molecule has 1 heterocycles. The van der Waals surface area contributed by atoms with Crippen molar-refractivity contribution in [1.82, 2.24) is 15.1 Å². The van der Waals surface area contributed by atoms with E-state index in [0.717, 1.165) is 44.6 Å². The topological polar surface area (TPSA) is 35.6 Å². The monoisotopic (exact) mass is 303 g/mol. The number of halogens is 1. The maximum Gasteiger partial charge on any atom is 0.236 e. The van der Waals surface area contributed by atoms with Crippen LogP contribution < -0.4 is 5.32 Å². The predicted molar refractivity (Wildman–Crippen MR) is 85.3 cm³/mol.